The fraction of sp³-hybridized carbons (Fsp3) is 0.333. The second-order valence-corrected chi connectivity index (χ2v) is 8.17. The van der Waals surface area contributed by atoms with Crippen LogP contribution in [0.4, 0.5) is 4.79 Å². The molecule has 0 bridgehead atoms. The Morgan fingerprint density at radius 1 is 1.10 bits per heavy atom. The average molecular weight is 477 g/mol. The van der Waals surface area contributed by atoms with Crippen LogP contribution in [0, 0.1) is 0 Å². The van der Waals surface area contributed by atoms with Crippen LogP contribution in [0.5, 0.6) is 23.0 Å². The van der Waals surface area contributed by atoms with E-state index in [4.69, 9.17) is 18.9 Å². The Labute approximate surface area is 182 Å². The summed E-state index contributed by atoms with van der Waals surface area (Å²) >= 11 is 3.41. The molecule has 1 N–H and O–H groups in total. The van der Waals surface area contributed by atoms with Crippen LogP contribution in [0.15, 0.2) is 34.8 Å². The van der Waals surface area contributed by atoms with Gasteiger partial charge in [-0.25, -0.2) is 4.79 Å². The summed E-state index contributed by atoms with van der Waals surface area (Å²) in [6.45, 7) is 1.96. The van der Waals surface area contributed by atoms with E-state index < -0.39 is 11.6 Å². The topological polar surface area (TPSA) is 86.3 Å². The molecule has 8 nitrogen and oxygen atoms in total. The lowest BCUT2D eigenvalue weighted by atomic mass is 9.92. The minimum atomic E-state index is -1.07. The normalized spacial score (nSPS) is 19.8. The van der Waals surface area contributed by atoms with Crippen molar-refractivity contribution in [1.82, 2.24) is 10.2 Å². The van der Waals surface area contributed by atoms with E-state index >= 15 is 0 Å². The summed E-state index contributed by atoms with van der Waals surface area (Å²) in [6, 6.07) is 8.54. The number of ether oxygens (including phenoxy) is 4. The summed E-state index contributed by atoms with van der Waals surface area (Å²) in [4.78, 5) is 27.1. The molecule has 1 atom stereocenters. The molecular weight excluding hydrogens is 456 g/mol. The van der Waals surface area contributed by atoms with Crippen LogP contribution in [-0.4, -0.2) is 43.4 Å². The van der Waals surface area contributed by atoms with Gasteiger partial charge in [-0.3, -0.25) is 9.69 Å². The summed E-state index contributed by atoms with van der Waals surface area (Å²) in [6.07, 6.45) is 0.325. The lowest BCUT2D eigenvalue weighted by Gasteiger charge is -2.22. The van der Waals surface area contributed by atoms with Crippen molar-refractivity contribution in [3.8, 4) is 23.0 Å². The number of halogens is 1. The van der Waals surface area contributed by atoms with E-state index in [9.17, 15) is 9.59 Å². The van der Waals surface area contributed by atoms with Crippen LogP contribution < -0.4 is 24.3 Å². The maximum Gasteiger partial charge on any atom is 0.325 e. The maximum atomic E-state index is 13.2. The van der Waals surface area contributed by atoms with Gasteiger partial charge in [-0.15, -0.1) is 0 Å². The lowest BCUT2D eigenvalue weighted by molar-refractivity contribution is -0.131. The first-order valence-corrected chi connectivity index (χ1v) is 10.1. The van der Waals surface area contributed by atoms with E-state index in [1.54, 1.807) is 32.2 Å². The number of methoxy groups -OCH3 is 2. The summed E-state index contributed by atoms with van der Waals surface area (Å²) in [5.74, 6) is 2.13. The molecule has 2 aromatic carbocycles. The SMILES string of the molecule is COc1cc(CN2C(=O)NC(C)(Cc3ccc4c(c3)OCO4)C2=O)c(OC)cc1Br. The molecule has 9 heteroatoms. The number of rotatable bonds is 6. The first-order chi connectivity index (χ1) is 14.3. The predicted molar refractivity (Wildman–Crippen MR) is 111 cm³/mol. The molecule has 1 unspecified atom stereocenters. The van der Waals surface area contributed by atoms with Crippen LogP contribution in [0.2, 0.25) is 0 Å². The van der Waals surface area contributed by atoms with Crippen LogP contribution in [0.1, 0.15) is 18.1 Å². The molecule has 1 saturated heterocycles. The summed E-state index contributed by atoms with van der Waals surface area (Å²) in [5.41, 5.74) is 0.450. The Morgan fingerprint density at radius 2 is 1.83 bits per heavy atom. The number of carbonyl (C=O) groups is 2. The molecule has 2 aromatic rings. The fourth-order valence-electron chi connectivity index (χ4n) is 3.69. The third kappa shape index (κ3) is 3.54. The molecule has 0 aliphatic carbocycles. The number of hydrogen-bond donors (Lipinski definition) is 1. The van der Waals surface area contributed by atoms with Gasteiger partial charge in [0, 0.05) is 12.0 Å². The number of amides is 3. The standard InChI is InChI=1S/C21H21BrN2O6/c1-21(9-12-4-5-15-18(6-12)30-11-29-15)19(25)24(20(26)23-21)10-13-7-17(28-3)14(22)8-16(13)27-2/h4-8H,9-11H2,1-3H3,(H,23,26). The molecule has 0 saturated carbocycles. The highest BCUT2D eigenvalue weighted by atomic mass is 79.9. The Kier molecular flexibility index (Phi) is 5.23. The van der Waals surface area contributed by atoms with E-state index in [0.29, 0.717) is 35.0 Å². The Hall–Kier alpha value is -2.94. The molecule has 2 aliphatic heterocycles. The monoisotopic (exact) mass is 476 g/mol. The second-order valence-electron chi connectivity index (χ2n) is 7.32. The van der Waals surface area contributed by atoms with E-state index in [2.05, 4.69) is 21.2 Å². The van der Waals surface area contributed by atoms with Gasteiger partial charge in [0.2, 0.25) is 6.79 Å². The zero-order valence-electron chi connectivity index (χ0n) is 16.8. The van der Waals surface area contributed by atoms with E-state index in [0.717, 1.165) is 10.0 Å². The summed E-state index contributed by atoms with van der Waals surface area (Å²) in [5, 5.41) is 2.83. The van der Waals surface area contributed by atoms with Crippen LogP contribution in [-0.2, 0) is 17.8 Å². The zero-order valence-corrected chi connectivity index (χ0v) is 18.4. The van der Waals surface area contributed by atoms with Crippen molar-refractivity contribution in [3.63, 3.8) is 0 Å². The van der Waals surface area contributed by atoms with Crippen molar-refractivity contribution in [2.24, 2.45) is 0 Å². The largest absolute Gasteiger partial charge is 0.496 e. The minimum absolute atomic E-state index is 0.0637. The molecular formula is C21H21BrN2O6. The summed E-state index contributed by atoms with van der Waals surface area (Å²) < 4.78 is 22.2. The summed E-state index contributed by atoms with van der Waals surface area (Å²) in [7, 11) is 3.08. The number of hydrogen-bond acceptors (Lipinski definition) is 6. The molecule has 0 spiro atoms. The number of benzene rings is 2. The Balaban J connectivity index is 1.57. The first kappa shape index (κ1) is 20.3. The van der Waals surface area contributed by atoms with E-state index in [1.807, 2.05) is 12.1 Å². The number of imide groups is 1. The van der Waals surface area contributed by atoms with Crippen molar-refractivity contribution < 1.29 is 28.5 Å². The molecule has 30 heavy (non-hydrogen) atoms. The number of nitrogens with zero attached hydrogens (tertiary/aromatic N) is 1. The quantitative estimate of drug-likeness (QED) is 0.644. The highest BCUT2D eigenvalue weighted by molar-refractivity contribution is 9.10. The van der Waals surface area contributed by atoms with Gasteiger partial charge in [-0.1, -0.05) is 6.07 Å². The van der Waals surface area contributed by atoms with Crippen molar-refractivity contribution in [3.05, 3.63) is 45.9 Å². The van der Waals surface area contributed by atoms with Gasteiger partial charge in [0.1, 0.15) is 17.0 Å². The molecule has 0 radical (unpaired) electrons. The highest BCUT2D eigenvalue weighted by Crippen LogP contribution is 2.36. The number of nitrogens with one attached hydrogen (secondary N) is 1. The zero-order chi connectivity index (χ0) is 21.5. The van der Waals surface area contributed by atoms with Gasteiger partial charge in [0.15, 0.2) is 11.5 Å². The lowest BCUT2D eigenvalue weighted by Crippen LogP contribution is -2.45. The van der Waals surface area contributed by atoms with Crippen molar-refractivity contribution in [2.45, 2.75) is 25.4 Å². The molecule has 4 rings (SSSR count). The van der Waals surface area contributed by atoms with E-state index in [-0.39, 0.29) is 19.2 Å². The highest BCUT2D eigenvalue weighted by Gasteiger charge is 2.48. The predicted octanol–water partition coefficient (Wildman–Crippen LogP) is 3.25. The van der Waals surface area contributed by atoms with Gasteiger partial charge >= 0.3 is 6.03 Å². The van der Waals surface area contributed by atoms with Gasteiger partial charge < -0.3 is 24.3 Å². The number of urea groups is 1. The van der Waals surface area contributed by atoms with Gasteiger partial charge in [-0.2, -0.15) is 0 Å². The molecule has 0 aromatic heterocycles. The molecule has 1 fully saturated rings. The van der Waals surface area contributed by atoms with Crippen molar-refractivity contribution >= 4 is 27.9 Å². The first-order valence-electron chi connectivity index (χ1n) is 9.27. The van der Waals surface area contributed by atoms with Gasteiger partial charge in [-0.05, 0) is 52.7 Å². The van der Waals surface area contributed by atoms with Crippen LogP contribution >= 0.6 is 15.9 Å². The van der Waals surface area contributed by atoms with Crippen LogP contribution in [0.25, 0.3) is 0 Å². The Bertz CT molecular complexity index is 1030. The fourth-order valence-corrected chi connectivity index (χ4v) is 4.17. The number of fused-ring (bicyclic) bond motifs is 1. The minimum Gasteiger partial charge on any atom is -0.496 e. The second kappa shape index (κ2) is 7.71. The van der Waals surface area contributed by atoms with Crippen molar-refractivity contribution in [1.29, 1.82) is 0 Å². The Morgan fingerprint density at radius 3 is 2.57 bits per heavy atom. The van der Waals surface area contributed by atoms with E-state index in [1.165, 1.54) is 12.0 Å². The molecule has 3 amide bonds. The molecule has 2 heterocycles. The third-order valence-corrected chi connectivity index (χ3v) is 5.84. The smallest absolute Gasteiger partial charge is 0.325 e. The molecule has 2 aliphatic rings. The van der Waals surface area contributed by atoms with Gasteiger partial charge in [0.25, 0.3) is 5.91 Å². The number of carbonyl (C=O) groups excluding carboxylic acids is 2. The average Bonchev–Trinajstić information content (AvgIpc) is 3.26. The van der Waals surface area contributed by atoms with Crippen LogP contribution in [0.3, 0.4) is 0 Å². The van der Waals surface area contributed by atoms with Crippen molar-refractivity contribution in [2.75, 3.05) is 21.0 Å². The van der Waals surface area contributed by atoms with Gasteiger partial charge in [0.05, 0.1) is 25.2 Å². The maximum absolute atomic E-state index is 13.2. The molecule has 158 valence electrons. The third-order valence-electron chi connectivity index (χ3n) is 5.22.